The molecule has 0 unspecified atom stereocenters. The number of ether oxygens (including phenoxy) is 2. The molecule has 1 heterocycles. The Kier molecular flexibility index (Phi) is 7.81. The van der Waals surface area contributed by atoms with Gasteiger partial charge in [-0.05, 0) is 32.0 Å². The SMILES string of the molecule is CCCOC(=O)N1CCCN1C(=S)NCCC(=O)OCC. The highest BCUT2D eigenvalue weighted by Gasteiger charge is 2.29. The fourth-order valence-corrected chi connectivity index (χ4v) is 2.16. The Morgan fingerprint density at radius 2 is 1.90 bits per heavy atom. The number of carbonyl (C=O) groups is 2. The summed E-state index contributed by atoms with van der Waals surface area (Å²) in [6.45, 7) is 6.09. The lowest BCUT2D eigenvalue weighted by Gasteiger charge is -2.29. The molecule has 0 atom stereocenters. The van der Waals surface area contributed by atoms with Gasteiger partial charge < -0.3 is 14.8 Å². The predicted octanol–water partition coefficient (Wildman–Crippen LogP) is 1.28. The summed E-state index contributed by atoms with van der Waals surface area (Å²) in [5.74, 6) is -0.270. The van der Waals surface area contributed by atoms with Crippen LogP contribution in [0, 0.1) is 0 Å². The van der Waals surface area contributed by atoms with Gasteiger partial charge in [-0.15, -0.1) is 0 Å². The summed E-state index contributed by atoms with van der Waals surface area (Å²) in [5.41, 5.74) is 0. The fourth-order valence-electron chi connectivity index (χ4n) is 1.87. The van der Waals surface area contributed by atoms with Crippen molar-refractivity contribution in [2.24, 2.45) is 0 Å². The van der Waals surface area contributed by atoms with Gasteiger partial charge in [0.25, 0.3) is 0 Å². The van der Waals surface area contributed by atoms with Crippen molar-refractivity contribution in [2.45, 2.75) is 33.1 Å². The molecular weight excluding hydrogens is 294 g/mol. The van der Waals surface area contributed by atoms with Crippen LogP contribution in [0.5, 0.6) is 0 Å². The zero-order chi connectivity index (χ0) is 15.7. The Morgan fingerprint density at radius 3 is 2.57 bits per heavy atom. The fraction of sp³-hybridized carbons (Fsp3) is 0.769. The Hall–Kier alpha value is -1.57. The summed E-state index contributed by atoms with van der Waals surface area (Å²) in [7, 11) is 0. The Labute approximate surface area is 130 Å². The van der Waals surface area contributed by atoms with Gasteiger partial charge in [0.05, 0.1) is 19.6 Å². The van der Waals surface area contributed by atoms with Gasteiger partial charge in [0.1, 0.15) is 0 Å². The third-order valence-electron chi connectivity index (χ3n) is 2.82. The summed E-state index contributed by atoms with van der Waals surface area (Å²) >= 11 is 5.25. The van der Waals surface area contributed by atoms with E-state index in [1.807, 2.05) is 6.92 Å². The van der Waals surface area contributed by atoms with E-state index in [4.69, 9.17) is 21.7 Å². The maximum Gasteiger partial charge on any atom is 0.428 e. The summed E-state index contributed by atoms with van der Waals surface area (Å²) < 4.78 is 9.95. The van der Waals surface area contributed by atoms with E-state index in [9.17, 15) is 9.59 Å². The number of rotatable bonds is 6. The predicted molar refractivity (Wildman–Crippen MR) is 81.5 cm³/mol. The van der Waals surface area contributed by atoms with Crippen LogP contribution in [0.25, 0.3) is 0 Å². The zero-order valence-electron chi connectivity index (χ0n) is 12.6. The van der Waals surface area contributed by atoms with Crippen LogP contribution in [0.1, 0.15) is 33.1 Å². The van der Waals surface area contributed by atoms with Gasteiger partial charge in [-0.3, -0.25) is 9.80 Å². The highest BCUT2D eigenvalue weighted by atomic mass is 32.1. The van der Waals surface area contributed by atoms with Crippen molar-refractivity contribution >= 4 is 29.4 Å². The minimum absolute atomic E-state index is 0.238. The average Bonchev–Trinajstić information content (AvgIpc) is 2.94. The van der Waals surface area contributed by atoms with Gasteiger partial charge in [0.2, 0.25) is 0 Å². The second-order valence-corrected chi connectivity index (χ2v) is 4.89. The van der Waals surface area contributed by atoms with Crippen LogP contribution in [0.15, 0.2) is 0 Å². The molecule has 1 saturated heterocycles. The van der Waals surface area contributed by atoms with Crippen molar-refractivity contribution < 1.29 is 19.1 Å². The molecule has 0 aromatic heterocycles. The number of thiocarbonyl (C=S) groups is 1. The molecule has 0 spiro atoms. The molecule has 0 aromatic carbocycles. The van der Waals surface area contributed by atoms with Gasteiger partial charge in [0.15, 0.2) is 5.11 Å². The molecule has 0 aliphatic carbocycles. The number of amides is 1. The van der Waals surface area contributed by atoms with Crippen molar-refractivity contribution in [1.29, 1.82) is 0 Å². The summed E-state index contributed by atoms with van der Waals surface area (Å²) in [6, 6.07) is 0. The standard InChI is InChI=1S/C13H23N3O4S/c1-3-10-20-13(18)16-9-5-8-15(16)12(21)14-7-6-11(17)19-4-2/h3-10H2,1-2H3,(H,14,21). The molecule has 0 radical (unpaired) electrons. The molecule has 120 valence electrons. The van der Waals surface area contributed by atoms with Gasteiger partial charge >= 0.3 is 12.1 Å². The Balaban J connectivity index is 2.38. The lowest BCUT2D eigenvalue weighted by atomic mass is 10.4. The number of hydrogen-bond donors (Lipinski definition) is 1. The van der Waals surface area contributed by atoms with Crippen molar-refractivity contribution in [2.75, 3.05) is 32.8 Å². The third kappa shape index (κ3) is 5.74. The number of nitrogens with one attached hydrogen (secondary N) is 1. The Bertz CT molecular complexity index is 378. The molecule has 1 amide bonds. The average molecular weight is 317 g/mol. The molecule has 1 rings (SSSR count). The highest BCUT2D eigenvalue weighted by Crippen LogP contribution is 2.12. The maximum atomic E-state index is 11.9. The maximum absolute atomic E-state index is 11.9. The van der Waals surface area contributed by atoms with E-state index in [1.54, 1.807) is 11.9 Å². The first kappa shape index (κ1) is 17.5. The zero-order valence-corrected chi connectivity index (χ0v) is 13.4. The molecule has 8 heteroatoms. The minimum atomic E-state index is -0.385. The monoisotopic (exact) mass is 317 g/mol. The largest absolute Gasteiger partial charge is 0.466 e. The molecule has 1 N–H and O–H groups in total. The third-order valence-corrected chi connectivity index (χ3v) is 3.17. The van der Waals surface area contributed by atoms with E-state index in [0.29, 0.717) is 38.0 Å². The van der Waals surface area contributed by atoms with E-state index in [0.717, 1.165) is 12.8 Å². The van der Waals surface area contributed by atoms with Crippen LogP contribution >= 0.6 is 12.2 Å². The minimum Gasteiger partial charge on any atom is -0.466 e. The normalized spacial score (nSPS) is 14.0. The van der Waals surface area contributed by atoms with E-state index in [-0.39, 0.29) is 18.5 Å². The molecule has 7 nitrogen and oxygen atoms in total. The van der Waals surface area contributed by atoms with E-state index >= 15 is 0 Å². The molecular formula is C13H23N3O4S. The van der Waals surface area contributed by atoms with Crippen molar-refractivity contribution in [1.82, 2.24) is 15.3 Å². The van der Waals surface area contributed by atoms with Crippen molar-refractivity contribution in [3.8, 4) is 0 Å². The van der Waals surface area contributed by atoms with Crippen LogP contribution in [-0.2, 0) is 14.3 Å². The summed E-state index contributed by atoms with van der Waals surface area (Å²) in [4.78, 5) is 23.1. The van der Waals surface area contributed by atoms with E-state index in [2.05, 4.69) is 5.32 Å². The first-order valence-electron chi connectivity index (χ1n) is 7.25. The molecule has 1 aliphatic heterocycles. The van der Waals surface area contributed by atoms with Crippen molar-refractivity contribution in [3.05, 3.63) is 0 Å². The highest BCUT2D eigenvalue weighted by molar-refractivity contribution is 7.80. The first-order valence-corrected chi connectivity index (χ1v) is 7.66. The van der Waals surface area contributed by atoms with Gasteiger partial charge in [-0.2, -0.15) is 0 Å². The van der Waals surface area contributed by atoms with Crippen LogP contribution in [0.4, 0.5) is 4.79 Å². The molecule has 1 fully saturated rings. The number of esters is 1. The van der Waals surface area contributed by atoms with Crippen LogP contribution < -0.4 is 5.32 Å². The van der Waals surface area contributed by atoms with Crippen LogP contribution in [0.3, 0.4) is 0 Å². The second kappa shape index (κ2) is 9.38. The van der Waals surface area contributed by atoms with E-state index < -0.39 is 0 Å². The lowest BCUT2D eigenvalue weighted by molar-refractivity contribution is -0.142. The number of nitrogens with zero attached hydrogens (tertiary/aromatic N) is 2. The summed E-state index contributed by atoms with van der Waals surface area (Å²) in [6.07, 6.45) is 1.47. The van der Waals surface area contributed by atoms with Gasteiger partial charge in [-0.25, -0.2) is 9.80 Å². The van der Waals surface area contributed by atoms with Crippen LogP contribution in [0.2, 0.25) is 0 Å². The molecule has 0 bridgehead atoms. The summed E-state index contributed by atoms with van der Waals surface area (Å²) in [5, 5.41) is 6.56. The number of hydrazine groups is 1. The Morgan fingerprint density at radius 1 is 1.19 bits per heavy atom. The van der Waals surface area contributed by atoms with Gasteiger partial charge in [0, 0.05) is 19.6 Å². The molecule has 1 aliphatic rings. The molecule has 0 aromatic rings. The lowest BCUT2D eigenvalue weighted by Crippen LogP contribution is -2.49. The van der Waals surface area contributed by atoms with Crippen LogP contribution in [-0.4, -0.2) is 60.0 Å². The number of hydrogen-bond acceptors (Lipinski definition) is 5. The smallest absolute Gasteiger partial charge is 0.428 e. The quantitative estimate of drug-likeness (QED) is 0.584. The topological polar surface area (TPSA) is 71.1 Å². The van der Waals surface area contributed by atoms with E-state index in [1.165, 1.54) is 5.01 Å². The molecule has 0 saturated carbocycles. The van der Waals surface area contributed by atoms with Crippen molar-refractivity contribution in [3.63, 3.8) is 0 Å². The molecule has 21 heavy (non-hydrogen) atoms. The van der Waals surface area contributed by atoms with Gasteiger partial charge in [-0.1, -0.05) is 6.92 Å². The second-order valence-electron chi connectivity index (χ2n) is 4.50. The first-order chi connectivity index (χ1) is 10.1. The number of carbonyl (C=O) groups excluding carboxylic acids is 2.